The molecule has 1 aromatic rings. The first kappa shape index (κ1) is 14.2. The number of urea groups is 1. The third kappa shape index (κ3) is 4.40. The van der Waals surface area contributed by atoms with Crippen LogP contribution in [0.25, 0.3) is 0 Å². The maximum absolute atomic E-state index is 11.7. The Morgan fingerprint density at radius 2 is 1.95 bits per heavy atom. The van der Waals surface area contributed by atoms with E-state index in [2.05, 4.69) is 10.6 Å². The number of carbonyl (C=O) groups is 1. The maximum Gasteiger partial charge on any atom is 0.319 e. The van der Waals surface area contributed by atoms with Gasteiger partial charge in [-0.3, -0.25) is 0 Å². The van der Waals surface area contributed by atoms with Crippen molar-refractivity contribution in [3.63, 3.8) is 0 Å². The first-order chi connectivity index (χ1) is 9.15. The van der Waals surface area contributed by atoms with Crippen molar-refractivity contribution in [3.05, 3.63) is 29.3 Å². The second-order valence-electron chi connectivity index (χ2n) is 4.95. The van der Waals surface area contributed by atoms with Crippen molar-refractivity contribution in [2.75, 3.05) is 11.9 Å². The van der Waals surface area contributed by atoms with E-state index >= 15 is 0 Å². The smallest absolute Gasteiger partial charge is 0.319 e. The minimum Gasteiger partial charge on any atom is -0.391 e. The zero-order chi connectivity index (χ0) is 13.7. The van der Waals surface area contributed by atoms with Gasteiger partial charge >= 0.3 is 6.03 Å². The molecule has 0 aromatic heterocycles. The lowest BCUT2D eigenvalue weighted by Gasteiger charge is -2.18. The summed E-state index contributed by atoms with van der Waals surface area (Å²) >= 11 is 5.76. The number of aliphatic hydroxyl groups is 1. The molecular weight excluding hydrogens is 264 g/mol. The summed E-state index contributed by atoms with van der Waals surface area (Å²) in [6.07, 6.45) is 4.03. The molecule has 104 valence electrons. The van der Waals surface area contributed by atoms with Crippen LogP contribution in [-0.4, -0.2) is 23.8 Å². The van der Waals surface area contributed by atoms with Gasteiger partial charge in [0.05, 0.1) is 6.10 Å². The molecule has 19 heavy (non-hydrogen) atoms. The number of nitrogens with one attached hydrogen (secondary N) is 2. The first-order valence-electron chi connectivity index (χ1n) is 6.63. The van der Waals surface area contributed by atoms with E-state index in [0.717, 1.165) is 12.8 Å². The van der Waals surface area contributed by atoms with Crippen LogP contribution in [0, 0.1) is 5.92 Å². The van der Waals surface area contributed by atoms with Crippen molar-refractivity contribution in [1.29, 1.82) is 0 Å². The summed E-state index contributed by atoms with van der Waals surface area (Å²) in [4.78, 5) is 11.7. The van der Waals surface area contributed by atoms with Crippen LogP contribution < -0.4 is 10.6 Å². The zero-order valence-electron chi connectivity index (χ0n) is 10.7. The van der Waals surface area contributed by atoms with Crippen molar-refractivity contribution in [2.24, 2.45) is 5.92 Å². The van der Waals surface area contributed by atoms with E-state index in [1.807, 2.05) is 0 Å². The lowest BCUT2D eigenvalue weighted by atomic mass is 10.0. The topological polar surface area (TPSA) is 61.4 Å². The molecule has 0 heterocycles. The fraction of sp³-hybridized carbons (Fsp3) is 0.500. The van der Waals surface area contributed by atoms with Crippen molar-refractivity contribution in [3.8, 4) is 0 Å². The number of halogens is 1. The van der Waals surface area contributed by atoms with Crippen molar-refractivity contribution in [1.82, 2.24) is 5.32 Å². The summed E-state index contributed by atoms with van der Waals surface area (Å²) in [5, 5.41) is 16.0. The Balaban J connectivity index is 1.73. The number of carbonyl (C=O) groups excluding carboxylic acids is 1. The molecule has 1 aliphatic carbocycles. The van der Waals surface area contributed by atoms with E-state index in [1.165, 1.54) is 12.8 Å². The lowest BCUT2D eigenvalue weighted by Crippen LogP contribution is -2.37. The van der Waals surface area contributed by atoms with Gasteiger partial charge in [-0.25, -0.2) is 4.79 Å². The molecule has 1 aliphatic rings. The monoisotopic (exact) mass is 282 g/mol. The normalized spacial score (nSPS) is 17.2. The summed E-state index contributed by atoms with van der Waals surface area (Å²) in [5.74, 6) is 0.329. The predicted molar refractivity (Wildman–Crippen MR) is 76.4 cm³/mol. The molecule has 2 amide bonds. The average molecular weight is 283 g/mol. The van der Waals surface area contributed by atoms with Gasteiger partial charge in [0.25, 0.3) is 0 Å². The van der Waals surface area contributed by atoms with Crippen molar-refractivity contribution in [2.45, 2.75) is 31.8 Å². The predicted octanol–water partition coefficient (Wildman–Crippen LogP) is 3.01. The summed E-state index contributed by atoms with van der Waals surface area (Å²) < 4.78 is 0. The average Bonchev–Trinajstić information content (AvgIpc) is 2.93. The van der Waals surface area contributed by atoms with Crippen LogP contribution in [-0.2, 0) is 0 Å². The van der Waals surface area contributed by atoms with Crippen LogP contribution >= 0.6 is 11.6 Å². The third-order valence-electron chi connectivity index (χ3n) is 3.52. The summed E-state index contributed by atoms with van der Waals surface area (Å²) in [6, 6.07) is 6.58. The van der Waals surface area contributed by atoms with Crippen LogP contribution in [0.5, 0.6) is 0 Å². The second-order valence-corrected chi connectivity index (χ2v) is 5.39. The Labute approximate surface area is 118 Å². The Morgan fingerprint density at radius 3 is 2.58 bits per heavy atom. The van der Waals surface area contributed by atoms with Gasteiger partial charge in [-0.05, 0) is 43.0 Å². The quantitative estimate of drug-likeness (QED) is 0.795. The number of hydrogen-bond donors (Lipinski definition) is 3. The number of rotatable bonds is 4. The van der Waals surface area contributed by atoms with Crippen LogP contribution in [0.15, 0.2) is 24.3 Å². The fourth-order valence-corrected chi connectivity index (χ4v) is 2.54. The van der Waals surface area contributed by atoms with Crippen LogP contribution in [0.2, 0.25) is 5.02 Å². The van der Waals surface area contributed by atoms with Gasteiger partial charge in [0.2, 0.25) is 0 Å². The Bertz CT molecular complexity index is 416. The summed E-state index contributed by atoms with van der Waals surface area (Å²) in [7, 11) is 0. The van der Waals surface area contributed by atoms with Gasteiger partial charge < -0.3 is 15.7 Å². The van der Waals surface area contributed by atoms with E-state index in [0.29, 0.717) is 23.2 Å². The van der Waals surface area contributed by atoms with E-state index in [-0.39, 0.29) is 6.03 Å². The zero-order valence-corrected chi connectivity index (χ0v) is 11.5. The maximum atomic E-state index is 11.7. The molecule has 2 rings (SSSR count). The van der Waals surface area contributed by atoms with Crippen molar-refractivity contribution >= 4 is 23.3 Å². The number of aliphatic hydroxyl groups excluding tert-OH is 1. The number of anilines is 1. The SMILES string of the molecule is O=C(NCC(O)C1CCCC1)Nc1ccc(Cl)cc1. The highest BCUT2D eigenvalue weighted by atomic mass is 35.5. The van der Waals surface area contributed by atoms with Crippen LogP contribution in [0.4, 0.5) is 10.5 Å². The second kappa shape index (κ2) is 6.78. The number of benzene rings is 1. The fourth-order valence-electron chi connectivity index (χ4n) is 2.41. The van der Waals surface area contributed by atoms with Gasteiger partial charge in [-0.2, -0.15) is 0 Å². The van der Waals surface area contributed by atoms with Crippen molar-refractivity contribution < 1.29 is 9.90 Å². The molecule has 1 saturated carbocycles. The third-order valence-corrected chi connectivity index (χ3v) is 3.77. The number of hydrogen-bond acceptors (Lipinski definition) is 2. The van der Waals surface area contributed by atoms with E-state index in [4.69, 9.17) is 11.6 Å². The molecule has 0 saturated heterocycles. The molecule has 1 aromatic carbocycles. The Morgan fingerprint density at radius 1 is 1.32 bits per heavy atom. The highest BCUT2D eigenvalue weighted by Gasteiger charge is 2.23. The first-order valence-corrected chi connectivity index (χ1v) is 7.01. The molecule has 1 unspecified atom stereocenters. The number of amides is 2. The molecule has 0 radical (unpaired) electrons. The van der Waals surface area contributed by atoms with Gasteiger partial charge in [0.15, 0.2) is 0 Å². The molecule has 3 N–H and O–H groups in total. The Hall–Kier alpha value is -1.26. The van der Waals surface area contributed by atoms with Gasteiger partial charge in [0.1, 0.15) is 0 Å². The van der Waals surface area contributed by atoms with E-state index in [1.54, 1.807) is 24.3 Å². The molecule has 0 bridgehead atoms. The Kier molecular flexibility index (Phi) is 5.05. The molecular formula is C14H19ClN2O2. The van der Waals surface area contributed by atoms with E-state index in [9.17, 15) is 9.90 Å². The minimum absolute atomic E-state index is 0.296. The highest BCUT2D eigenvalue weighted by Crippen LogP contribution is 2.27. The van der Waals surface area contributed by atoms with Crippen LogP contribution in [0.1, 0.15) is 25.7 Å². The molecule has 1 atom stereocenters. The van der Waals surface area contributed by atoms with Gasteiger partial charge in [-0.15, -0.1) is 0 Å². The molecule has 5 heteroatoms. The molecule has 0 spiro atoms. The van der Waals surface area contributed by atoms with Gasteiger partial charge in [0, 0.05) is 17.3 Å². The molecule has 4 nitrogen and oxygen atoms in total. The van der Waals surface area contributed by atoms with Crippen LogP contribution in [0.3, 0.4) is 0 Å². The minimum atomic E-state index is -0.446. The summed E-state index contributed by atoms with van der Waals surface area (Å²) in [6.45, 7) is 0.296. The standard InChI is InChI=1S/C14H19ClN2O2/c15-11-5-7-12(8-6-11)17-14(19)16-9-13(18)10-3-1-2-4-10/h5-8,10,13,18H,1-4,9H2,(H2,16,17,19). The summed E-state index contributed by atoms with van der Waals surface area (Å²) in [5.41, 5.74) is 0.678. The van der Waals surface area contributed by atoms with Gasteiger partial charge in [-0.1, -0.05) is 24.4 Å². The highest BCUT2D eigenvalue weighted by molar-refractivity contribution is 6.30. The molecule has 1 fully saturated rings. The largest absolute Gasteiger partial charge is 0.391 e. The lowest BCUT2D eigenvalue weighted by molar-refractivity contribution is 0.111. The van der Waals surface area contributed by atoms with E-state index < -0.39 is 6.10 Å². The molecule has 0 aliphatic heterocycles.